The molecular weight excluding hydrogens is 204 g/mol. The number of ether oxygens (including phenoxy) is 1. The Balaban J connectivity index is 2.94. The lowest BCUT2D eigenvalue weighted by Gasteiger charge is -2.32. The fraction of sp³-hybridized carbons (Fsp3) is 0.769. The topological polar surface area (TPSA) is 46.5 Å². The van der Waals surface area contributed by atoms with E-state index in [1.807, 2.05) is 13.8 Å². The zero-order valence-electron chi connectivity index (χ0n) is 10.6. The summed E-state index contributed by atoms with van der Waals surface area (Å²) in [5.41, 5.74) is -0.525. The number of carbonyl (C=O) groups is 1. The van der Waals surface area contributed by atoms with E-state index in [0.29, 0.717) is 0 Å². The van der Waals surface area contributed by atoms with Gasteiger partial charge in [0.15, 0.2) is 5.60 Å². The summed E-state index contributed by atoms with van der Waals surface area (Å²) >= 11 is 0. The van der Waals surface area contributed by atoms with E-state index < -0.39 is 11.6 Å². The van der Waals surface area contributed by atoms with Crippen molar-refractivity contribution in [2.45, 2.75) is 52.2 Å². The van der Waals surface area contributed by atoms with E-state index >= 15 is 0 Å². The highest BCUT2D eigenvalue weighted by Crippen LogP contribution is 2.44. The average Bonchev–Trinajstić information content (AvgIpc) is 2.43. The van der Waals surface area contributed by atoms with Crippen molar-refractivity contribution in [3.05, 3.63) is 12.2 Å². The molecule has 1 N–H and O–H groups in total. The van der Waals surface area contributed by atoms with Crippen molar-refractivity contribution < 1.29 is 14.6 Å². The van der Waals surface area contributed by atoms with Gasteiger partial charge in [0.05, 0.1) is 6.10 Å². The van der Waals surface area contributed by atoms with Crippen LogP contribution in [0.3, 0.4) is 0 Å². The zero-order valence-corrected chi connectivity index (χ0v) is 10.6. The molecule has 1 fully saturated rings. The third-order valence-corrected chi connectivity index (χ3v) is 3.44. The Hall–Kier alpha value is -0.830. The van der Waals surface area contributed by atoms with Crippen LogP contribution in [0.4, 0.5) is 0 Å². The van der Waals surface area contributed by atoms with E-state index in [1.54, 1.807) is 13.8 Å². The summed E-state index contributed by atoms with van der Waals surface area (Å²) < 4.78 is 5.16. The van der Waals surface area contributed by atoms with Gasteiger partial charge in [0.25, 0.3) is 0 Å². The van der Waals surface area contributed by atoms with Crippen LogP contribution in [0.25, 0.3) is 0 Å². The third-order valence-electron chi connectivity index (χ3n) is 3.44. The molecule has 16 heavy (non-hydrogen) atoms. The quantitative estimate of drug-likeness (QED) is 0.593. The van der Waals surface area contributed by atoms with Gasteiger partial charge in [-0.3, -0.25) is 0 Å². The Morgan fingerprint density at radius 3 is 2.50 bits per heavy atom. The fourth-order valence-corrected chi connectivity index (χ4v) is 2.47. The Morgan fingerprint density at radius 2 is 2.06 bits per heavy atom. The smallest absolute Gasteiger partial charge is 0.339 e. The highest BCUT2D eigenvalue weighted by Gasteiger charge is 2.54. The highest BCUT2D eigenvalue weighted by molar-refractivity contribution is 5.81. The lowest BCUT2D eigenvalue weighted by molar-refractivity contribution is -0.176. The van der Waals surface area contributed by atoms with Gasteiger partial charge in [-0.05, 0) is 39.5 Å². The first-order valence-electron chi connectivity index (χ1n) is 5.89. The van der Waals surface area contributed by atoms with Crippen LogP contribution in [0.5, 0.6) is 0 Å². The van der Waals surface area contributed by atoms with Crippen LogP contribution in [-0.2, 0) is 9.53 Å². The number of carbonyl (C=O) groups excluding carboxylic acids is 1. The third kappa shape index (κ3) is 2.14. The number of aliphatic hydroxyl groups is 1. The van der Waals surface area contributed by atoms with Crippen molar-refractivity contribution in [2.75, 3.05) is 0 Å². The van der Waals surface area contributed by atoms with E-state index in [9.17, 15) is 9.90 Å². The molecule has 0 bridgehead atoms. The second kappa shape index (κ2) is 4.58. The summed E-state index contributed by atoms with van der Waals surface area (Å²) in [5, 5.41) is 10.6. The molecule has 0 aromatic rings. The van der Waals surface area contributed by atoms with E-state index in [2.05, 4.69) is 6.58 Å². The van der Waals surface area contributed by atoms with Crippen LogP contribution in [0.15, 0.2) is 12.2 Å². The Morgan fingerprint density at radius 1 is 1.50 bits per heavy atom. The van der Waals surface area contributed by atoms with Crippen molar-refractivity contribution in [3.63, 3.8) is 0 Å². The van der Waals surface area contributed by atoms with Crippen molar-refractivity contribution in [3.8, 4) is 0 Å². The van der Waals surface area contributed by atoms with Gasteiger partial charge >= 0.3 is 5.97 Å². The fourth-order valence-electron chi connectivity index (χ4n) is 2.47. The summed E-state index contributed by atoms with van der Waals surface area (Å²) in [6, 6.07) is 0. The molecule has 3 atom stereocenters. The van der Waals surface area contributed by atoms with E-state index in [-0.39, 0.29) is 17.9 Å². The van der Waals surface area contributed by atoms with Crippen molar-refractivity contribution in [1.82, 2.24) is 0 Å². The van der Waals surface area contributed by atoms with Gasteiger partial charge < -0.3 is 9.84 Å². The summed E-state index contributed by atoms with van der Waals surface area (Å²) in [4.78, 5) is 12.0. The van der Waals surface area contributed by atoms with Gasteiger partial charge in [-0.15, -0.1) is 0 Å². The predicted molar refractivity (Wildman–Crippen MR) is 62.9 cm³/mol. The molecule has 1 aliphatic rings. The standard InChI is InChI=1S/C13H22O3/c1-8(2)11-7-6-10(5)13(11,15)12(14)16-9(3)4/h9-11,15H,1,6-7H2,2-5H3. The maximum atomic E-state index is 12.0. The highest BCUT2D eigenvalue weighted by atomic mass is 16.6. The van der Waals surface area contributed by atoms with Crippen LogP contribution in [-0.4, -0.2) is 22.8 Å². The summed E-state index contributed by atoms with van der Waals surface area (Å²) in [6.45, 7) is 11.2. The molecule has 1 saturated carbocycles. The monoisotopic (exact) mass is 226 g/mol. The number of hydrogen-bond donors (Lipinski definition) is 1. The van der Waals surface area contributed by atoms with Crippen molar-refractivity contribution >= 4 is 5.97 Å². The molecule has 92 valence electrons. The molecule has 0 aliphatic heterocycles. The van der Waals surface area contributed by atoms with Crippen molar-refractivity contribution in [2.24, 2.45) is 11.8 Å². The molecule has 0 radical (unpaired) electrons. The molecule has 0 spiro atoms. The van der Waals surface area contributed by atoms with Crippen LogP contribution < -0.4 is 0 Å². The van der Waals surface area contributed by atoms with Crippen LogP contribution >= 0.6 is 0 Å². The second-order valence-electron chi connectivity index (χ2n) is 5.16. The molecule has 0 aromatic carbocycles. The van der Waals surface area contributed by atoms with Gasteiger partial charge in [0.2, 0.25) is 0 Å². The molecule has 0 amide bonds. The molecule has 1 rings (SSSR count). The molecule has 0 aromatic heterocycles. The molecule has 3 unspecified atom stereocenters. The molecule has 0 heterocycles. The minimum absolute atomic E-state index is 0.0690. The summed E-state index contributed by atoms with van der Waals surface area (Å²) in [7, 11) is 0. The maximum Gasteiger partial charge on any atom is 0.339 e. The first-order chi connectivity index (χ1) is 7.30. The average molecular weight is 226 g/mol. The molecule has 1 aliphatic carbocycles. The lowest BCUT2D eigenvalue weighted by Crippen LogP contribution is -2.49. The maximum absolute atomic E-state index is 12.0. The molecular formula is C13H22O3. The van der Waals surface area contributed by atoms with Crippen molar-refractivity contribution in [1.29, 1.82) is 0 Å². The zero-order chi connectivity index (χ0) is 12.5. The van der Waals surface area contributed by atoms with Crippen LogP contribution in [0.2, 0.25) is 0 Å². The summed E-state index contributed by atoms with van der Waals surface area (Å²) in [6.07, 6.45) is 1.44. The molecule has 3 nitrogen and oxygen atoms in total. The van der Waals surface area contributed by atoms with Gasteiger partial charge in [0, 0.05) is 5.92 Å². The first kappa shape index (κ1) is 13.2. The lowest BCUT2D eigenvalue weighted by atomic mass is 9.81. The number of esters is 1. The normalized spacial score (nSPS) is 34.1. The minimum atomic E-state index is -1.38. The Labute approximate surface area is 97.5 Å². The van der Waals surface area contributed by atoms with E-state index in [1.165, 1.54) is 0 Å². The predicted octanol–water partition coefficient (Wildman–Crippen LogP) is 2.29. The van der Waals surface area contributed by atoms with Gasteiger partial charge in [-0.1, -0.05) is 19.1 Å². The largest absolute Gasteiger partial charge is 0.461 e. The molecule has 3 heteroatoms. The Kier molecular flexibility index (Phi) is 3.79. The van der Waals surface area contributed by atoms with E-state index in [0.717, 1.165) is 18.4 Å². The van der Waals surface area contributed by atoms with Crippen LogP contribution in [0, 0.1) is 11.8 Å². The Bertz CT molecular complexity index is 296. The van der Waals surface area contributed by atoms with Gasteiger partial charge in [-0.25, -0.2) is 4.79 Å². The van der Waals surface area contributed by atoms with Gasteiger partial charge in [-0.2, -0.15) is 0 Å². The number of hydrogen-bond acceptors (Lipinski definition) is 3. The number of rotatable bonds is 3. The van der Waals surface area contributed by atoms with Crippen LogP contribution in [0.1, 0.15) is 40.5 Å². The molecule has 0 saturated heterocycles. The SMILES string of the molecule is C=C(C)C1CCC(C)C1(O)C(=O)OC(C)C. The van der Waals surface area contributed by atoms with Gasteiger partial charge in [0.1, 0.15) is 0 Å². The first-order valence-corrected chi connectivity index (χ1v) is 5.89. The summed E-state index contributed by atoms with van der Waals surface area (Å²) in [5.74, 6) is -0.741. The minimum Gasteiger partial charge on any atom is -0.461 e. The van der Waals surface area contributed by atoms with E-state index in [4.69, 9.17) is 4.74 Å². The second-order valence-corrected chi connectivity index (χ2v) is 5.16.